The Morgan fingerprint density at radius 3 is 2.65 bits per heavy atom. The van der Waals surface area contributed by atoms with Crippen molar-refractivity contribution in [3.63, 3.8) is 0 Å². The second-order valence-electron chi connectivity index (χ2n) is 5.30. The van der Waals surface area contributed by atoms with E-state index in [1.165, 1.54) is 6.42 Å². The molecule has 1 rings (SSSR count). The third kappa shape index (κ3) is 5.58. The summed E-state index contributed by atoms with van der Waals surface area (Å²) in [5.41, 5.74) is 0. The smallest absolute Gasteiger partial charge is 0.0414 e. The minimum atomic E-state index is 0.390. The molecule has 17 heavy (non-hydrogen) atoms. The minimum absolute atomic E-state index is 0.390. The molecule has 1 saturated carbocycles. The predicted molar refractivity (Wildman–Crippen MR) is 80.8 cm³/mol. The van der Waals surface area contributed by atoms with Crippen molar-refractivity contribution in [2.75, 3.05) is 6.54 Å². The summed E-state index contributed by atoms with van der Waals surface area (Å²) in [6.07, 6.45) is 9.61. The molecule has 96 valence electrons. The molecule has 4 atom stereocenters. The summed E-state index contributed by atoms with van der Waals surface area (Å²) in [7, 11) is 0. The van der Waals surface area contributed by atoms with Gasteiger partial charge >= 0.3 is 0 Å². The van der Waals surface area contributed by atoms with Gasteiger partial charge in [-0.15, -0.1) is 12.6 Å². The van der Waals surface area contributed by atoms with Crippen molar-refractivity contribution in [3.05, 3.63) is 23.1 Å². The molecule has 0 aromatic heterocycles. The van der Waals surface area contributed by atoms with Crippen molar-refractivity contribution in [1.29, 1.82) is 0 Å². The van der Waals surface area contributed by atoms with Gasteiger partial charge in [-0.05, 0) is 36.0 Å². The Hall–Kier alpha value is -0.500. The molecule has 0 radical (unpaired) electrons. The van der Waals surface area contributed by atoms with E-state index in [-0.39, 0.29) is 0 Å². The Bertz CT molecular complexity index is 317. The van der Waals surface area contributed by atoms with E-state index < -0.39 is 0 Å². The Balaban J connectivity index is 2.26. The highest BCUT2D eigenvalue weighted by Gasteiger charge is 2.36. The van der Waals surface area contributed by atoms with Gasteiger partial charge in [-0.1, -0.05) is 39.0 Å². The number of hydrogen-bond donors (Lipinski definition) is 1. The molecule has 0 heterocycles. The summed E-state index contributed by atoms with van der Waals surface area (Å²) in [5, 5.41) is 0. The van der Waals surface area contributed by atoms with Crippen LogP contribution in [0, 0.1) is 23.7 Å². The van der Waals surface area contributed by atoms with Crippen molar-refractivity contribution < 1.29 is 0 Å². The first-order chi connectivity index (χ1) is 8.04. The second kappa shape index (κ2) is 7.05. The fourth-order valence-corrected chi connectivity index (χ4v) is 2.16. The number of rotatable bonds is 6. The third-order valence-corrected chi connectivity index (χ3v) is 3.91. The lowest BCUT2D eigenvalue weighted by Gasteiger charge is -2.06. The molecule has 0 spiro atoms. The first-order valence-corrected chi connectivity index (χ1v) is 7.02. The summed E-state index contributed by atoms with van der Waals surface area (Å²) in [6, 6.07) is 0. The second-order valence-corrected chi connectivity index (χ2v) is 5.82. The molecule has 2 heteroatoms. The van der Waals surface area contributed by atoms with Crippen LogP contribution in [-0.2, 0) is 0 Å². The highest BCUT2D eigenvalue weighted by atomic mass is 32.1. The van der Waals surface area contributed by atoms with Crippen LogP contribution in [0.5, 0.6) is 0 Å². The standard InChI is InChI=1S/C15H25NS/c1-5-14(17)7-6-11(2)9-16-10-13(4)15-8-12(15)3/h5-7,9,11-13,15,17H,8,10H2,1-4H3/b7-6-,14-5+,16-9+/t11-,12?,13?,15?/m0/s1. The maximum absolute atomic E-state index is 4.55. The first kappa shape index (κ1) is 14.6. The number of allylic oxidation sites excluding steroid dienone is 3. The van der Waals surface area contributed by atoms with Crippen molar-refractivity contribution in [2.45, 2.75) is 34.1 Å². The van der Waals surface area contributed by atoms with Crippen LogP contribution in [0.1, 0.15) is 34.1 Å². The number of aliphatic imine (C=N–C) groups is 1. The lowest BCUT2D eigenvalue weighted by molar-refractivity contribution is 0.496. The van der Waals surface area contributed by atoms with Crippen molar-refractivity contribution in [2.24, 2.45) is 28.7 Å². The Morgan fingerprint density at radius 2 is 2.12 bits per heavy atom. The quantitative estimate of drug-likeness (QED) is 0.409. The highest BCUT2D eigenvalue weighted by Crippen LogP contribution is 2.43. The van der Waals surface area contributed by atoms with Gasteiger partial charge in [0.05, 0.1) is 0 Å². The van der Waals surface area contributed by atoms with Crippen LogP contribution >= 0.6 is 12.6 Å². The molecule has 0 aliphatic heterocycles. The summed E-state index contributed by atoms with van der Waals surface area (Å²) < 4.78 is 0. The largest absolute Gasteiger partial charge is 0.297 e. The normalized spacial score (nSPS) is 28.9. The van der Waals surface area contributed by atoms with E-state index in [4.69, 9.17) is 0 Å². The molecule has 0 saturated heterocycles. The van der Waals surface area contributed by atoms with Crippen LogP contribution in [0.15, 0.2) is 28.1 Å². The number of hydrogen-bond acceptors (Lipinski definition) is 2. The van der Waals surface area contributed by atoms with E-state index >= 15 is 0 Å². The van der Waals surface area contributed by atoms with Crippen LogP contribution < -0.4 is 0 Å². The van der Waals surface area contributed by atoms with Crippen molar-refractivity contribution in [1.82, 2.24) is 0 Å². The molecule has 3 unspecified atom stereocenters. The van der Waals surface area contributed by atoms with Gasteiger partial charge < -0.3 is 0 Å². The van der Waals surface area contributed by atoms with Crippen LogP contribution in [0.2, 0.25) is 0 Å². The van der Waals surface area contributed by atoms with E-state index in [1.807, 2.05) is 19.1 Å². The van der Waals surface area contributed by atoms with Gasteiger partial charge in [0.15, 0.2) is 0 Å². The molecule has 0 bridgehead atoms. The highest BCUT2D eigenvalue weighted by molar-refractivity contribution is 7.84. The molecule has 1 fully saturated rings. The molecule has 0 aromatic carbocycles. The van der Waals surface area contributed by atoms with Gasteiger partial charge in [0.2, 0.25) is 0 Å². The summed E-state index contributed by atoms with van der Waals surface area (Å²) in [5.74, 6) is 2.98. The fraction of sp³-hybridized carbons (Fsp3) is 0.667. The van der Waals surface area contributed by atoms with Gasteiger partial charge in [0.25, 0.3) is 0 Å². The van der Waals surface area contributed by atoms with E-state index in [1.54, 1.807) is 0 Å². The maximum Gasteiger partial charge on any atom is 0.0414 e. The van der Waals surface area contributed by atoms with Gasteiger partial charge in [-0.2, -0.15) is 0 Å². The van der Waals surface area contributed by atoms with E-state index in [0.717, 1.165) is 29.2 Å². The van der Waals surface area contributed by atoms with Crippen LogP contribution in [-0.4, -0.2) is 12.8 Å². The first-order valence-electron chi connectivity index (χ1n) is 6.58. The third-order valence-electron chi connectivity index (χ3n) is 3.50. The molecule has 0 N–H and O–H groups in total. The molecule has 1 nitrogen and oxygen atoms in total. The van der Waals surface area contributed by atoms with Crippen molar-refractivity contribution in [3.8, 4) is 0 Å². The molecular formula is C15H25NS. The zero-order valence-electron chi connectivity index (χ0n) is 11.4. The lowest BCUT2D eigenvalue weighted by atomic mass is 10.1. The van der Waals surface area contributed by atoms with E-state index in [0.29, 0.717) is 5.92 Å². The van der Waals surface area contributed by atoms with E-state index in [2.05, 4.69) is 50.7 Å². The monoisotopic (exact) mass is 251 g/mol. The zero-order valence-corrected chi connectivity index (χ0v) is 12.3. The average Bonchev–Trinajstić information content (AvgIpc) is 3.03. The van der Waals surface area contributed by atoms with Crippen LogP contribution in [0.4, 0.5) is 0 Å². The summed E-state index contributed by atoms with van der Waals surface area (Å²) in [6.45, 7) is 9.77. The Morgan fingerprint density at radius 1 is 1.47 bits per heavy atom. The molecule has 1 aliphatic carbocycles. The Labute approximate surface area is 112 Å². The summed E-state index contributed by atoms with van der Waals surface area (Å²) >= 11 is 4.30. The molecular weight excluding hydrogens is 226 g/mol. The van der Waals surface area contributed by atoms with Crippen LogP contribution in [0.25, 0.3) is 0 Å². The molecule has 0 aromatic rings. The zero-order chi connectivity index (χ0) is 12.8. The maximum atomic E-state index is 4.55. The van der Waals surface area contributed by atoms with Gasteiger partial charge in [0, 0.05) is 18.7 Å². The average molecular weight is 251 g/mol. The number of nitrogens with zero attached hydrogens (tertiary/aromatic N) is 1. The van der Waals surface area contributed by atoms with E-state index in [9.17, 15) is 0 Å². The number of thiol groups is 1. The fourth-order valence-electron chi connectivity index (χ4n) is 2.07. The SMILES string of the molecule is C/C=C(S)\C=C/[C@H](C)/C=N/CC(C)C1CC1C. The van der Waals surface area contributed by atoms with Crippen LogP contribution in [0.3, 0.4) is 0 Å². The minimum Gasteiger partial charge on any atom is -0.297 e. The lowest BCUT2D eigenvalue weighted by Crippen LogP contribution is -2.04. The Kier molecular flexibility index (Phi) is 6.04. The van der Waals surface area contributed by atoms with Gasteiger partial charge in [-0.25, -0.2) is 0 Å². The van der Waals surface area contributed by atoms with Gasteiger partial charge in [0.1, 0.15) is 0 Å². The topological polar surface area (TPSA) is 12.4 Å². The van der Waals surface area contributed by atoms with Gasteiger partial charge in [-0.3, -0.25) is 4.99 Å². The van der Waals surface area contributed by atoms with Crippen molar-refractivity contribution >= 4 is 18.8 Å². The summed E-state index contributed by atoms with van der Waals surface area (Å²) in [4.78, 5) is 5.56. The predicted octanol–water partition coefficient (Wildman–Crippen LogP) is 4.38. The molecule has 0 amide bonds. The molecule has 1 aliphatic rings.